The highest BCUT2D eigenvalue weighted by Gasteiger charge is 2.51. The third kappa shape index (κ3) is 6.38. The fraction of sp³-hybridized carbons (Fsp3) is 0.900. The summed E-state index contributed by atoms with van der Waals surface area (Å²) in [6, 6.07) is 0. The van der Waals surface area contributed by atoms with Crippen LogP contribution in [0.3, 0.4) is 0 Å². The first-order valence-corrected chi connectivity index (χ1v) is 13.6. The molecule has 1 fully saturated rings. The summed E-state index contributed by atoms with van der Waals surface area (Å²) in [5.74, 6) is -0.902. The molecule has 0 aromatic carbocycles. The van der Waals surface area contributed by atoms with Crippen molar-refractivity contribution in [2.75, 3.05) is 13.7 Å². The van der Waals surface area contributed by atoms with Crippen LogP contribution in [0.25, 0.3) is 0 Å². The number of hydrogen-bond acceptors (Lipinski definition) is 7. The molecule has 5 atom stereocenters. The van der Waals surface area contributed by atoms with Crippen molar-refractivity contribution in [3.63, 3.8) is 0 Å². The third-order valence-electron chi connectivity index (χ3n) is 5.61. The molecule has 0 aliphatic carbocycles. The second kappa shape index (κ2) is 11.4. The van der Waals surface area contributed by atoms with Gasteiger partial charge < -0.3 is 23.4 Å². The molecule has 170 valence electrons. The van der Waals surface area contributed by atoms with Crippen LogP contribution in [0, 0.1) is 0 Å². The topological polar surface area (TPSA) is 80.3 Å². The van der Waals surface area contributed by atoms with Gasteiger partial charge in [-0.1, -0.05) is 64.1 Å². The number of hydrogen-bond donors (Lipinski definition) is 0. The quantitative estimate of drug-likeness (QED) is 0.186. The van der Waals surface area contributed by atoms with E-state index < -0.39 is 44.9 Å². The molecule has 0 unspecified atom stereocenters. The Hall–Kier alpha value is -0.233. The van der Waals surface area contributed by atoms with Gasteiger partial charge in [-0.15, -0.1) is 0 Å². The summed E-state index contributed by atoms with van der Waals surface area (Å²) in [7, 11) is -0.613. The summed E-state index contributed by atoms with van der Waals surface area (Å²) in [5.41, 5.74) is 1.20. The van der Waals surface area contributed by atoms with Gasteiger partial charge in [-0.25, -0.2) is 0 Å². The summed E-state index contributed by atoms with van der Waals surface area (Å²) in [6.45, 7) is 16.2. The maximum atomic E-state index is 11.8. The number of esters is 2. The number of methoxy groups -OCH3 is 1. The minimum atomic E-state index is -2.16. The minimum absolute atomic E-state index is 0.250. The molecule has 0 aromatic heterocycles. The number of halogens is 1. The van der Waals surface area contributed by atoms with E-state index in [-0.39, 0.29) is 10.5 Å². The molecule has 1 aliphatic rings. The molecule has 7 nitrogen and oxygen atoms in total. The molecular weight excluding hydrogens is 507 g/mol. The van der Waals surface area contributed by atoms with E-state index in [1.807, 2.05) is 0 Å². The van der Waals surface area contributed by atoms with E-state index in [9.17, 15) is 9.59 Å². The van der Waals surface area contributed by atoms with Gasteiger partial charge >= 0.3 is 11.9 Å². The first-order chi connectivity index (χ1) is 13.4. The molecule has 9 heteroatoms. The highest BCUT2D eigenvalue weighted by Crippen LogP contribution is 2.43. The maximum absolute atomic E-state index is 11.8. The van der Waals surface area contributed by atoms with Crippen molar-refractivity contribution in [2.45, 2.75) is 101 Å². The van der Waals surface area contributed by atoms with Crippen molar-refractivity contribution in [2.24, 2.45) is 0 Å². The van der Waals surface area contributed by atoms with Crippen LogP contribution >= 0.6 is 22.6 Å². The van der Waals surface area contributed by atoms with Crippen LogP contribution in [0.2, 0.25) is 16.6 Å². The van der Waals surface area contributed by atoms with E-state index in [1.54, 1.807) is 7.11 Å². The van der Waals surface area contributed by atoms with Crippen molar-refractivity contribution in [3.8, 4) is 0 Å². The number of rotatable bonds is 9. The molecular formula is C20H37IO7Si. The average Bonchev–Trinajstić information content (AvgIpc) is 2.58. The van der Waals surface area contributed by atoms with E-state index in [1.165, 1.54) is 13.8 Å². The first-order valence-electron chi connectivity index (χ1n) is 10.2. The van der Waals surface area contributed by atoms with Gasteiger partial charge in [0.15, 0.2) is 26.8 Å². The van der Waals surface area contributed by atoms with Crippen molar-refractivity contribution in [1.82, 2.24) is 0 Å². The summed E-state index contributed by atoms with van der Waals surface area (Å²) in [5, 5.41) is 0. The Labute approximate surface area is 189 Å². The normalized spacial score (nSPS) is 28.1. The van der Waals surface area contributed by atoms with Crippen LogP contribution in [-0.4, -0.2) is 62.5 Å². The summed E-state index contributed by atoms with van der Waals surface area (Å²) >= 11 is 2.11. The lowest BCUT2D eigenvalue weighted by atomic mass is 10.0. The van der Waals surface area contributed by atoms with Gasteiger partial charge in [0, 0.05) is 21.0 Å². The Balaban J connectivity index is 3.21. The van der Waals surface area contributed by atoms with Crippen LogP contribution in [0.4, 0.5) is 0 Å². The molecule has 29 heavy (non-hydrogen) atoms. The summed E-state index contributed by atoms with van der Waals surface area (Å²) in [6.07, 6.45) is -2.64. The third-order valence-corrected chi connectivity index (χ3v) is 13.0. The molecule has 0 aromatic rings. The Morgan fingerprint density at radius 1 is 0.931 bits per heavy atom. The van der Waals surface area contributed by atoms with Crippen molar-refractivity contribution >= 4 is 42.8 Å². The van der Waals surface area contributed by atoms with Crippen LogP contribution in [0.1, 0.15) is 55.4 Å². The van der Waals surface area contributed by atoms with Gasteiger partial charge in [0.1, 0.15) is 10.0 Å². The van der Waals surface area contributed by atoms with Gasteiger partial charge in [-0.2, -0.15) is 0 Å². The highest BCUT2D eigenvalue weighted by molar-refractivity contribution is 14.1. The fourth-order valence-corrected chi connectivity index (χ4v) is 11.0. The monoisotopic (exact) mass is 544 g/mol. The van der Waals surface area contributed by atoms with Crippen LogP contribution in [0.5, 0.6) is 0 Å². The fourth-order valence-electron chi connectivity index (χ4n) is 4.58. The number of alkyl halides is 1. The predicted octanol–water partition coefficient (Wildman–Crippen LogP) is 4.22. The lowest BCUT2D eigenvalue weighted by Gasteiger charge is -2.46. The van der Waals surface area contributed by atoms with Gasteiger partial charge in [0.25, 0.3) is 0 Å². The maximum Gasteiger partial charge on any atom is 0.303 e. The van der Waals surface area contributed by atoms with Crippen LogP contribution < -0.4 is 0 Å². The highest BCUT2D eigenvalue weighted by atomic mass is 127. The second-order valence-corrected chi connectivity index (χ2v) is 15.4. The van der Waals surface area contributed by atoms with E-state index in [0.29, 0.717) is 16.6 Å². The van der Waals surface area contributed by atoms with Gasteiger partial charge in [-0.05, 0) is 16.6 Å². The zero-order chi connectivity index (χ0) is 22.5. The lowest BCUT2D eigenvalue weighted by Crippen LogP contribution is -2.61. The largest absolute Gasteiger partial charge is 0.457 e. The summed E-state index contributed by atoms with van der Waals surface area (Å²) < 4.78 is 29.0. The minimum Gasteiger partial charge on any atom is -0.457 e. The molecule has 0 spiro atoms. The van der Waals surface area contributed by atoms with Gasteiger partial charge in [0.05, 0.1) is 6.61 Å². The lowest BCUT2D eigenvalue weighted by molar-refractivity contribution is -0.251. The van der Waals surface area contributed by atoms with E-state index in [0.717, 1.165) is 0 Å². The number of carbonyl (C=O) groups is 2. The Bertz CT molecular complexity index is 533. The Morgan fingerprint density at radius 3 is 1.76 bits per heavy atom. The summed E-state index contributed by atoms with van der Waals surface area (Å²) in [4.78, 5) is 23.5. The van der Waals surface area contributed by atoms with Gasteiger partial charge in [-0.3, -0.25) is 9.59 Å². The molecule has 1 saturated heterocycles. The van der Waals surface area contributed by atoms with E-state index in [4.69, 9.17) is 23.4 Å². The van der Waals surface area contributed by atoms with Crippen molar-refractivity contribution < 1.29 is 33.0 Å². The van der Waals surface area contributed by atoms with Crippen LogP contribution in [-0.2, 0) is 33.0 Å². The van der Waals surface area contributed by atoms with Crippen molar-refractivity contribution in [1.29, 1.82) is 0 Å². The SMILES string of the molecule is CO[C@H]1O[C@H](CO[Si](C(C)C)(C(C)C)C(C)C)[C@H](OC(C)=O)[C@H](OC(C)=O)[C@@H]1I. The molecule has 1 aliphatic heterocycles. The second-order valence-electron chi connectivity index (χ2n) is 8.50. The number of ether oxygens (including phenoxy) is 4. The molecule has 1 heterocycles. The smallest absolute Gasteiger partial charge is 0.303 e. The molecule has 0 saturated carbocycles. The molecule has 0 bridgehead atoms. The zero-order valence-corrected chi connectivity index (χ0v) is 22.2. The zero-order valence-electron chi connectivity index (χ0n) is 19.1. The average molecular weight is 544 g/mol. The molecule has 1 rings (SSSR count). The van der Waals surface area contributed by atoms with Gasteiger partial charge in [0.2, 0.25) is 0 Å². The Morgan fingerprint density at radius 2 is 1.38 bits per heavy atom. The first kappa shape index (κ1) is 26.8. The standard InChI is InChI=1S/C20H37IO7Si/c1-11(2)29(12(3)4,13(5)6)25-10-16-18(26-14(7)22)19(27-15(8)23)17(21)20(24-9)28-16/h11-13,16-20H,10H2,1-9H3/t16-,17+,18+,19-,20+/m1/s1. The molecule has 0 radical (unpaired) electrons. The van der Waals surface area contributed by atoms with Crippen LogP contribution in [0.15, 0.2) is 0 Å². The van der Waals surface area contributed by atoms with E-state index in [2.05, 4.69) is 64.1 Å². The van der Waals surface area contributed by atoms with Crippen molar-refractivity contribution in [3.05, 3.63) is 0 Å². The molecule has 0 amide bonds. The van der Waals surface area contributed by atoms with E-state index >= 15 is 0 Å². The predicted molar refractivity (Wildman–Crippen MR) is 122 cm³/mol. The Kier molecular flexibility index (Phi) is 10.5. The molecule has 0 N–H and O–H groups in total. The number of carbonyl (C=O) groups excluding carboxylic acids is 2.